The van der Waals surface area contributed by atoms with Crippen molar-refractivity contribution in [1.82, 2.24) is 5.32 Å². The SMILES string of the molecule is CCCCNC(=O)c1cc2cc(N(C)S(=O)(=O)c3ccc(F)cc3)ccc2s1. The van der Waals surface area contributed by atoms with Gasteiger partial charge in [0.2, 0.25) is 0 Å². The quantitative estimate of drug-likeness (QED) is 0.576. The third-order valence-electron chi connectivity index (χ3n) is 4.38. The molecule has 0 radical (unpaired) electrons. The molecule has 0 aliphatic heterocycles. The van der Waals surface area contributed by atoms with Gasteiger partial charge in [-0.05, 0) is 60.3 Å². The number of carbonyl (C=O) groups excluding carboxylic acids is 1. The number of amides is 1. The number of hydrogen-bond acceptors (Lipinski definition) is 4. The lowest BCUT2D eigenvalue weighted by molar-refractivity contribution is 0.0957. The second-order valence-electron chi connectivity index (χ2n) is 6.37. The molecule has 0 atom stereocenters. The Morgan fingerprint density at radius 1 is 1.14 bits per heavy atom. The second kappa shape index (κ2) is 8.28. The topological polar surface area (TPSA) is 66.5 Å². The second-order valence-corrected chi connectivity index (χ2v) is 9.42. The summed E-state index contributed by atoms with van der Waals surface area (Å²) in [6.07, 6.45) is 1.93. The Morgan fingerprint density at radius 3 is 2.54 bits per heavy atom. The molecule has 28 heavy (non-hydrogen) atoms. The fourth-order valence-electron chi connectivity index (χ4n) is 2.71. The van der Waals surface area contributed by atoms with Crippen molar-refractivity contribution < 1.29 is 17.6 Å². The summed E-state index contributed by atoms with van der Waals surface area (Å²) in [5.41, 5.74) is 0.465. The minimum Gasteiger partial charge on any atom is -0.351 e. The van der Waals surface area contributed by atoms with E-state index in [4.69, 9.17) is 0 Å². The number of fused-ring (bicyclic) bond motifs is 1. The Bertz CT molecular complexity index is 1090. The zero-order chi connectivity index (χ0) is 20.3. The molecule has 0 unspecified atom stereocenters. The van der Waals surface area contributed by atoms with E-state index in [0.717, 1.165) is 39.4 Å². The molecule has 3 aromatic rings. The highest BCUT2D eigenvalue weighted by molar-refractivity contribution is 7.92. The monoisotopic (exact) mass is 420 g/mol. The van der Waals surface area contributed by atoms with E-state index in [9.17, 15) is 17.6 Å². The maximum Gasteiger partial charge on any atom is 0.264 e. The van der Waals surface area contributed by atoms with E-state index in [1.165, 1.54) is 30.5 Å². The number of nitrogens with one attached hydrogen (secondary N) is 1. The molecule has 0 saturated carbocycles. The van der Waals surface area contributed by atoms with Gasteiger partial charge in [-0.15, -0.1) is 11.3 Å². The first kappa shape index (κ1) is 20.3. The van der Waals surface area contributed by atoms with Gasteiger partial charge < -0.3 is 5.32 Å². The fourth-order valence-corrected chi connectivity index (χ4v) is 4.85. The molecule has 0 bridgehead atoms. The van der Waals surface area contributed by atoms with Crippen LogP contribution < -0.4 is 9.62 Å². The molecule has 148 valence electrons. The van der Waals surface area contributed by atoms with Crippen LogP contribution in [0.1, 0.15) is 29.4 Å². The Balaban J connectivity index is 1.87. The molecular weight excluding hydrogens is 399 g/mol. The minimum atomic E-state index is -3.81. The van der Waals surface area contributed by atoms with Crippen LogP contribution in [0.2, 0.25) is 0 Å². The van der Waals surface area contributed by atoms with E-state index < -0.39 is 15.8 Å². The van der Waals surface area contributed by atoms with Gasteiger partial charge in [0.15, 0.2) is 0 Å². The Morgan fingerprint density at radius 2 is 1.86 bits per heavy atom. The summed E-state index contributed by atoms with van der Waals surface area (Å²) in [6, 6.07) is 11.7. The number of unbranched alkanes of at least 4 members (excludes halogenated alkanes) is 1. The lowest BCUT2D eigenvalue weighted by atomic mass is 10.2. The molecule has 8 heteroatoms. The summed E-state index contributed by atoms with van der Waals surface area (Å²) < 4.78 is 40.7. The largest absolute Gasteiger partial charge is 0.351 e. The molecule has 1 amide bonds. The maximum absolute atomic E-state index is 13.1. The van der Waals surface area contributed by atoms with Gasteiger partial charge in [0.05, 0.1) is 15.5 Å². The van der Waals surface area contributed by atoms with Gasteiger partial charge in [-0.3, -0.25) is 9.10 Å². The number of halogens is 1. The molecule has 1 N–H and O–H groups in total. The molecule has 0 fully saturated rings. The van der Waals surface area contributed by atoms with Crippen molar-refractivity contribution in [3.8, 4) is 0 Å². The highest BCUT2D eigenvalue weighted by Crippen LogP contribution is 2.31. The third-order valence-corrected chi connectivity index (χ3v) is 7.29. The van der Waals surface area contributed by atoms with E-state index in [0.29, 0.717) is 17.1 Å². The van der Waals surface area contributed by atoms with Gasteiger partial charge in [-0.1, -0.05) is 13.3 Å². The molecular formula is C20H21FN2O3S2. The molecule has 0 spiro atoms. The molecule has 5 nitrogen and oxygen atoms in total. The lowest BCUT2D eigenvalue weighted by Crippen LogP contribution is -2.26. The number of benzene rings is 2. The van der Waals surface area contributed by atoms with Crippen molar-refractivity contribution in [2.75, 3.05) is 17.9 Å². The molecule has 2 aromatic carbocycles. The molecule has 0 aliphatic carbocycles. The summed E-state index contributed by atoms with van der Waals surface area (Å²) >= 11 is 1.37. The van der Waals surface area contributed by atoms with Crippen molar-refractivity contribution in [3.05, 3.63) is 59.2 Å². The number of hydrogen-bond donors (Lipinski definition) is 1. The summed E-state index contributed by atoms with van der Waals surface area (Å²) in [5.74, 6) is -0.616. The fraction of sp³-hybridized carbons (Fsp3) is 0.250. The van der Waals surface area contributed by atoms with E-state index in [2.05, 4.69) is 12.2 Å². The van der Waals surface area contributed by atoms with E-state index in [1.807, 2.05) is 0 Å². The highest BCUT2D eigenvalue weighted by Gasteiger charge is 2.22. The van der Waals surface area contributed by atoms with Gasteiger partial charge >= 0.3 is 0 Å². The number of thiophene rings is 1. The molecule has 3 rings (SSSR count). The van der Waals surface area contributed by atoms with Crippen LogP contribution in [0.4, 0.5) is 10.1 Å². The normalized spacial score (nSPS) is 11.5. The predicted octanol–water partition coefficient (Wildman–Crippen LogP) is 4.40. The van der Waals surface area contributed by atoms with Crippen molar-refractivity contribution in [2.24, 2.45) is 0 Å². The summed E-state index contributed by atoms with van der Waals surface area (Å²) in [7, 11) is -2.36. The van der Waals surface area contributed by atoms with Gasteiger partial charge in [-0.25, -0.2) is 12.8 Å². The Labute approximate surface area is 167 Å². The molecule has 0 aliphatic rings. The lowest BCUT2D eigenvalue weighted by Gasteiger charge is -2.19. The number of anilines is 1. The summed E-state index contributed by atoms with van der Waals surface area (Å²) in [6.45, 7) is 2.69. The zero-order valence-corrected chi connectivity index (χ0v) is 17.2. The van der Waals surface area contributed by atoms with Crippen LogP contribution in [0.3, 0.4) is 0 Å². The van der Waals surface area contributed by atoms with Crippen LogP contribution in [-0.4, -0.2) is 27.9 Å². The van der Waals surface area contributed by atoms with Crippen LogP contribution in [0.5, 0.6) is 0 Å². The highest BCUT2D eigenvalue weighted by atomic mass is 32.2. The molecule has 1 heterocycles. The molecule has 1 aromatic heterocycles. The maximum atomic E-state index is 13.1. The van der Waals surface area contributed by atoms with Crippen molar-refractivity contribution in [3.63, 3.8) is 0 Å². The average Bonchev–Trinajstić information content (AvgIpc) is 3.11. The van der Waals surface area contributed by atoms with Gasteiger partial charge in [0.25, 0.3) is 15.9 Å². The average molecular weight is 421 g/mol. The Hall–Kier alpha value is -2.45. The first-order valence-electron chi connectivity index (χ1n) is 8.89. The van der Waals surface area contributed by atoms with Crippen LogP contribution in [0.15, 0.2) is 53.4 Å². The van der Waals surface area contributed by atoms with Crippen LogP contribution in [0, 0.1) is 5.82 Å². The smallest absolute Gasteiger partial charge is 0.264 e. The zero-order valence-electron chi connectivity index (χ0n) is 15.6. The summed E-state index contributed by atoms with van der Waals surface area (Å²) in [4.78, 5) is 12.8. The number of carbonyl (C=O) groups is 1. The first-order valence-corrected chi connectivity index (χ1v) is 11.1. The number of sulfonamides is 1. The standard InChI is InChI=1S/C20H21FN2O3S2/c1-3-4-11-22-20(24)19-13-14-12-16(7-10-18(14)27-19)23(2)28(25,26)17-8-5-15(21)6-9-17/h5-10,12-13H,3-4,11H2,1-2H3,(H,22,24). The summed E-state index contributed by atoms with van der Waals surface area (Å²) in [5, 5.41) is 3.68. The van der Waals surface area contributed by atoms with Gasteiger partial charge in [0.1, 0.15) is 5.82 Å². The van der Waals surface area contributed by atoms with Gasteiger partial charge in [-0.2, -0.15) is 0 Å². The third kappa shape index (κ3) is 4.18. The predicted molar refractivity (Wildman–Crippen MR) is 111 cm³/mol. The van der Waals surface area contributed by atoms with Crippen LogP contribution >= 0.6 is 11.3 Å². The Kier molecular flexibility index (Phi) is 6.00. The van der Waals surface area contributed by atoms with Crippen molar-refractivity contribution in [2.45, 2.75) is 24.7 Å². The molecule has 0 saturated heterocycles. The van der Waals surface area contributed by atoms with Crippen LogP contribution in [-0.2, 0) is 10.0 Å². The van der Waals surface area contributed by atoms with Crippen molar-refractivity contribution in [1.29, 1.82) is 0 Å². The van der Waals surface area contributed by atoms with Crippen molar-refractivity contribution >= 4 is 43.0 Å². The van der Waals surface area contributed by atoms with E-state index >= 15 is 0 Å². The minimum absolute atomic E-state index is 0.0119. The van der Waals surface area contributed by atoms with Crippen LogP contribution in [0.25, 0.3) is 10.1 Å². The van der Waals surface area contributed by atoms with Gasteiger partial charge in [0, 0.05) is 18.3 Å². The van der Waals surface area contributed by atoms with E-state index in [-0.39, 0.29) is 10.8 Å². The number of nitrogens with zero attached hydrogens (tertiary/aromatic N) is 1. The number of rotatable bonds is 7. The van der Waals surface area contributed by atoms with E-state index in [1.54, 1.807) is 24.3 Å². The first-order chi connectivity index (χ1) is 13.3.